The van der Waals surface area contributed by atoms with Crippen LogP contribution in [-0.2, 0) is 11.2 Å². The van der Waals surface area contributed by atoms with E-state index in [1.165, 1.54) is 17.3 Å². The standard InChI is InChI=1S/C21H21N3O3S/c1-14-18(12-15-6-4-3-5-7-15)23-21(22-14)28-13-19(25)24-20(26)16-8-10-17(27-2)11-9-16/h3-11H,12-13H2,1-2H3,(H,22,23)(H,24,25,26). The monoisotopic (exact) mass is 395 g/mol. The van der Waals surface area contributed by atoms with Crippen LogP contribution in [0.5, 0.6) is 5.75 Å². The lowest BCUT2D eigenvalue weighted by Gasteiger charge is -2.04. The molecule has 0 atom stereocenters. The van der Waals surface area contributed by atoms with E-state index < -0.39 is 5.91 Å². The van der Waals surface area contributed by atoms with Gasteiger partial charge in [0.25, 0.3) is 5.91 Å². The van der Waals surface area contributed by atoms with Gasteiger partial charge in [-0.2, -0.15) is 0 Å². The van der Waals surface area contributed by atoms with Gasteiger partial charge in [-0.3, -0.25) is 14.9 Å². The highest BCUT2D eigenvalue weighted by Gasteiger charge is 2.13. The fraction of sp³-hybridized carbons (Fsp3) is 0.190. The number of benzene rings is 2. The maximum atomic E-state index is 12.1. The first-order chi connectivity index (χ1) is 13.5. The van der Waals surface area contributed by atoms with Gasteiger partial charge in [0.15, 0.2) is 5.16 Å². The molecule has 0 bridgehead atoms. The minimum atomic E-state index is -0.436. The Morgan fingerprint density at radius 3 is 2.50 bits per heavy atom. The molecule has 3 aromatic rings. The zero-order valence-corrected chi connectivity index (χ0v) is 16.5. The third-order valence-electron chi connectivity index (χ3n) is 4.12. The van der Waals surface area contributed by atoms with Crippen molar-refractivity contribution in [2.24, 2.45) is 0 Å². The number of nitrogens with one attached hydrogen (secondary N) is 2. The van der Waals surface area contributed by atoms with Crippen molar-refractivity contribution < 1.29 is 14.3 Å². The molecule has 6 nitrogen and oxygen atoms in total. The minimum Gasteiger partial charge on any atom is -0.497 e. The average molecular weight is 395 g/mol. The van der Waals surface area contributed by atoms with E-state index in [4.69, 9.17) is 4.74 Å². The van der Waals surface area contributed by atoms with E-state index >= 15 is 0 Å². The van der Waals surface area contributed by atoms with E-state index in [2.05, 4.69) is 27.4 Å². The second-order valence-corrected chi connectivity index (χ2v) is 7.13. The second kappa shape index (κ2) is 9.23. The van der Waals surface area contributed by atoms with Crippen LogP contribution in [-0.4, -0.2) is 34.6 Å². The van der Waals surface area contributed by atoms with E-state index in [1.807, 2.05) is 25.1 Å². The second-order valence-electron chi connectivity index (χ2n) is 6.17. The molecule has 7 heteroatoms. The largest absolute Gasteiger partial charge is 0.497 e. The normalized spacial score (nSPS) is 10.5. The summed E-state index contributed by atoms with van der Waals surface area (Å²) < 4.78 is 5.05. The summed E-state index contributed by atoms with van der Waals surface area (Å²) in [6.07, 6.45) is 0.728. The van der Waals surface area contributed by atoms with Crippen molar-refractivity contribution in [3.05, 3.63) is 77.1 Å². The quantitative estimate of drug-likeness (QED) is 0.599. The Labute approximate surface area is 167 Å². The Balaban J connectivity index is 1.52. The number of rotatable bonds is 7. The van der Waals surface area contributed by atoms with Crippen molar-refractivity contribution in [1.82, 2.24) is 15.3 Å². The molecule has 0 fully saturated rings. The molecule has 1 aromatic heterocycles. The number of ether oxygens (including phenoxy) is 1. The maximum Gasteiger partial charge on any atom is 0.257 e. The summed E-state index contributed by atoms with van der Waals surface area (Å²) in [7, 11) is 1.55. The first kappa shape index (κ1) is 19.7. The number of aryl methyl sites for hydroxylation is 1. The molecule has 0 aliphatic carbocycles. The van der Waals surface area contributed by atoms with Crippen molar-refractivity contribution in [2.45, 2.75) is 18.5 Å². The van der Waals surface area contributed by atoms with Crippen molar-refractivity contribution in [3.8, 4) is 5.75 Å². The van der Waals surface area contributed by atoms with Gasteiger partial charge in [-0.15, -0.1) is 0 Å². The summed E-state index contributed by atoms with van der Waals surface area (Å²) in [6, 6.07) is 16.7. The van der Waals surface area contributed by atoms with E-state index in [9.17, 15) is 9.59 Å². The fourth-order valence-corrected chi connectivity index (χ4v) is 3.35. The predicted molar refractivity (Wildman–Crippen MR) is 109 cm³/mol. The average Bonchev–Trinajstić information content (AvgIpc) is 3.06. The van der Waals surface area contributed by atoms with Crippen LogP contribution < -0.4 is 10.1 Å². The van der Waals surface area contributed by atoms with Gasteiger partial charge in [-0.05, 0) is 36.8 Å². The summed E-state index contributed by atoms with van der Waals surface area (Å²) in [4.78, 5) is 32.0. The Hall–Kier alpha value is -3.06. The number of carbonyl (C=O) groups is 2. The first-order valence-corrected chi connectivity index (χ1v) is 9.74. The number of imidazole rings is 1. The van der Waals surface area contributed by atoms with E-state index in [0.717, 1.165) is 17.8 Å². The van der Waals surface area contributed by atoms with Crippen molar-refractivity contribution >= 4 is 23.6 Å². The molecule has 2 N–H and O–H groups in total. The number of thioether (sulfide) groups is 1. The molecule has 0 radical (unpaired) electrons. The topological polar surface area (TPSA) is 84.1 Å². The number of nitrogens with zero attached hydrogens (tertiary/aromatic N) is 1. The Bertz CT molecular complexity index is 953. The highest BCUT2D eigenvalue weighted by Crippen LogP contribution is 2.19. The van der Waals surface area contributed by atoms with Crippen LogP contribution in [0.1, 0.15) is 27.3 Å². The molecule has 0 saturated carbocycles. The SMILES string of the molecule is COc1ccc(C(=O)NC(=O)CSc2nc(Cc3ccccc3)c(C)[nH]2)cc1. The number of amides is 2. The third kappa shape index (κ3) is 5.23. The number of imide groups is 1. The maximum absolute atomic E-state index is 12.1. The summed E-state index contributed by atoms with van der Waals surface area (Å²) in [5.41, 5.74) is 3.50. The molecular weight excluding hydrogens is 374 g/mol. The lowest BCUT2D eigenvalue weighted by Crippen LogP contribution is -2.31. The van der Waals surface area contributed by atoms with Gasteiger partial charge in [0.1, 0.15) is 5.75 Å². The Morgan fingerprint density at radius 1 is 1.11 bits per heavy atom. The number of hydrogen-bond donors (Lipinski definition) is 2. The lowest BCUT2D eigenvalue weighted by molar-refractivity contribution is -0.117. The van der Waals surface area contributed by atoms with Crippen LogP contribution in [0.2, 0.25) is 0 Å². The molecule has 1 heterocycles. The number of hydrogen-bond acceptors (Lipinski definition) is 5. The summed E-state index contributed by atoms with van der Waals surface area (Å²) in [5, 5.41) is 3.05. The zero-order chi connectivity index (χ0) is 19.9. The van der Waals surface area contributed by atoms with Crippen LogP contribution in [0.25, 0.3) is 0 Å². The summed E-state index contributed by atoms with van der Waals surface area (Å²) >= 11 is 1.27. The summed E-state index contributed by atoms with van der Waals surface area (Å²) in [5.74, 6) is -0.0596. The molecule has 144 valence electrons. The predicted octanol–water partition coefficient (Wildman–Crippen LogP) is 3.37. The molecule has 2 aromatic carbocycles. The van der Waals surface area contributed by atoms with Crippen LogP contribution >= 0.6 is 11.8 Å². The van der Waals surface area contributed by atoms with Crippen LogP contribution in [0.15, 0.2) is 59.8 Å². The van der Waals surface area contributed by atoms with Crippen LogP contribution in [0, 0.1) is 6.92 Å². The van der Waals surface area contributed by atoms with Crippen LogP contribution in [0.4, 0.5) is 0 Å². The number of methoxy groups -OCH3 is 1. The van der Waals surface area contributed by atoms with Gasteiger partial charge in [0, 0.05) is 17.7 Å². The Kier molecular flexibility index (Phi) is 6.49. The highest BCUT2D eigenvalue weighted by atomic mass is 32.2. The van der Waals surface area contributed by atoms with E-state index in [0.29, 0.717) is 16.5 Å². The van der Waals surface area contributed by atoms with Gasteiger partial charge >= 0.3 is 0 Å². The number of aromatic nitrogens is 2. The molecule has 0 aliphatic rings. The van der Waals surface area contributed by atoms with Crippen molar-refractivity contribution in [3.63, 3.8) is 0 Å². The van der Waals surface area contributed by atoms with Gasteiger partial charge in [-0.1, -0.05) is 42.1 Å². The minimum absolute atomic E-state index is 0.0969. The smallest absolute Gasteiger partial charge is 0.257 e. The highest BCUT2D eigenvalue weighted by molar-refractivity contribution is 7.99. The molecule has 28 heavy (non-hydrogen) atoms. The van der Waals surface area contributed by atoms with Gasteiger partial charge in [0.2, 0.25) is 5.91 Å². The first-order valence-electron chi connectivity index (χ1n) is 8.75. The molecule has 0 spiro atoms. The number of H-pyrrole nitrogens is 1. The number of carbonyl (C=O) groups excluding carboxylic acids is 2. The molecule has 0 saturated heterocycles. The van der Waals surface area contributed by atoms with Crippen LogP contribution in [0.3, 0.4) is 0 Å². The Morgan fingerprint density at radius 2 is 1.82 bits per heavy atom. The van der Waals surface area contributed by atoms with E-state index in [-0.39, 0.29) is 11.7 Å². The number of aromatic amines is 1. The van der Waals surface area contributed by atoms with Crippen molar-refractivity contribution in [2.75, 3.05) is 12.9 Å². The van der Waals surface area contributed by atoms with Gasteiger partial charge < -0.3 is 9.72 Å². The van der Waals surface area contributed by atoms with Crippen molar-refractivity contribution in [1.29, 1.82) is 0 Å². The molecular formula is C21H21N3O3S. The van der Waals surface area contributed by atoms with E-state index in [1.54, 1.807) is 31.4 Å². The lowest BCUT2D eigenvalue weighted by atomic mass is 10.1. The van der Waals surface area contributed by atoms with Gasteiger partial charge in [0.05, 0.1) is 18.6 Å². The zero-order valence-electron chi connectivity index (χ0n) is 15.7. The third-order valence-corrected chi connectivity index (χ3v) is 5.00. The summed E-state index contributed by atoms with van der Waals surface area (Å²) in [6.45, 7) is 1.96. The molecule has 3 rings (SSSR count). The van der Waals surface area contributed by atoms with Gasteiger partial charge in [-0.25, -0.2) is 4.98 Å². The molecule has 0 unspecified atom stereocenters. The fourth-order valence-electron chi connectivity index (χ4n) is 2.61. The molecule has 0 aliphatic heterocycles. The molecule has 2 amide bonds.